The number of nitrogen functional groups attached to an aromatic ring is 1. The molecule has 0 amide bonds. The second-order valence-electron chi connectivity index (χ2n) is 3.34. The van der Waals surface area contributed by atoms with Gasteiger partial charge in [0.2, 0.25) is 0 Å². The van der Waals surface area contributed by atoms with E-state index in [9.17, 15) is 10.1 Å². The third-order valence-electron chi connectivity index (χ3n) is 2.24. The number of nitrogens with zero attached hydrogens (tertiary/aromatic N) is 2. The molecule has 0 saturated heterocycles. The van der Waals surface area contributed by atoms with Crippen LogP contribution in [0.5, 0.6) is 0 Å². The van der Waals surface area contributed by atoms with Gasteiger partial charge in [0, 0.05) is 33.6 Å². The fourth-order valence-corrected chi connectivity index (χ4v) is 2.31. The maximum absolute atomic E-state index is 10.6. The zero-order valence-electron chi connectivity index (χ0n) is 8.58. The van der Waals surface area contributed by atoms with Gasteiger partial charge in [0.15, 0.2) is 0 Å². The Kier molecular flexibility index (Phi) is 2.77. The van der Waals surface area contributed by atoms with Gasteiger partial charge in [-0.05, 0) is 12.1 Å². The van der Waals surface area contributed by atoms with Crippen molar-refractivity contribution in [3.05, 3.63) is 45.3 Å². The van der Waals surface area contributed by atoms with Crippen LogP contribution in [0.2, 0.25) is 0 Å². The van der Waals surface area contributed by atoms with Crippen LogP contribution in [-0.2, 0) is 0 Å². The molecule has 84 valence electrons. The first-order valence-electron chi connectivity index (χ1n) is 4.64. The Labute approximate surface area is 101 Å². The maximum Gasteiger partial charge on any atom is 0.271 e. The largest absolute Gasteiger partial charge is 0.398 e. The average molecular weight is 245 g/mol. The molecule has 0 atom stereocenters. The van der Waals surface area contributed by atoms with E-state index in [1.165, 1.54) is 23.5 Å². The number of anilines is 1. The van der Waals surface area contributed by atoms with Gasteiger partial charge in [0.25, 0.3) is 5.69 Å². The summed E-state index contributed by atoms with van der Waals surface area (Å²) in [5.41, 5.74) is 7.33. The van der Waals surface area contributed by atoms with Gasteiger partial charge in [0.05, 0.1) is 10.5 Å². The number of nitro groups is 1. The number of non-ortho nitro benzene ring substituents is 1. The molecule has 0 saturated carbocycles. The van der Waals surface area contributed by atoms with Gasteiger partial charge < -0.3 is 5.73 Å². The van der Waals surface area contributed by atoms with Gasteiger partial charge in [-0.15, -0.1) is 11.3 Å². The van der Waals surface area contributed by atoms with Crippen molar-refractivity contribution in [3.8, 4) is 16.5 Å². The zero-order valence-corrected chi connectivity index (χ0v) is 9.40. The number of nitrogens with two attached hydrogens (primary N) is 1. The van der Waals surface area contributed by atoms with E-state index >= 15 is 0 Å². The molecule has 1 aromatic carbocycles. The van der Waals surface area contributed by atoms with E-state index in [-0.39, 0.29) is 5.69 Å². The van der Waals surface area contributed by atoms with Gasteiger partial charge in [-0.3, -0.25) is 10.1 Å². The molecular formula is C11H7N3O2S. The van der Waals surface area contributed by atoms with Crippen molar-refractivity contribution < 1.29 is 4.92 Å². The first-order valence-corrected chi connectivity index (χ1v) is 5.52. The van der Waals surface area contributed by atoms with Gasteiger partial charge in [-0.1, -0.05) is 0 Å². The molecule has 0 aliphatic rings. The van der Waals surface area contributed by atoms with E-state index in [4.69, 9.17) is 11.0 Å². The molecule has 0 spiro atoms. The first kappa shape index (κ1) is 11.1. The highest BCUT2D eigenvalue weighted by Gasteiger charge is 2.11. The Morgan fingerprint density at radius 1 is 1.41 bits per heavy atom. The quantitative estimate of drug-likeness (QED) is 0.500. The van der Waals surface area contributed by atoms with Gasteiger partial charge >= 0.3 is 0 Å². The summed E-state index contributed by atoms with van der Waals surface area (Å²) in [6, 6.07) is 8.06. The number of hydrogen-bond donors (Lipinski definition) is 1. The molecule has 0 unspecified atom stereocenters. The predicted octanol–water partition coefficient (Wildman–Crippen LogP) is 2.78. The number of rotatable bonds is 2. The van der Waals surface area contributed by atoms with Crippen molar-refractivity contribution in [2.24, 2.45) is 0 Å². The highest BCUT2D eigenvalue weighted by Crippen LogP contribution is 2.33. The van der Waals surface area contributed by atoms with Crippen LogP contribution in [0, 0.1) is 21.4 Å². The second kappa shape index (κ2) is 4.23. The average Bonchev–Trinajstić information content (AvgIpc) is 2.77. The Balaban J connectivity index is 2.47. The van der Waals surface area contributed by atoms with Crippen molar-refractivity contribution in [3.63, 3.8) is 0 Å². The van der Waals surface area contributed by atoms with Gasteiger partial charge in [-0.25, -0.2) is 0 Å². The van der Waals surface area contributed by atoms with E-state index in [2.05, 4.69) is 0 Å². The van der Waals surface area contributed by atoms with E-state index in [1.54, 1.807) is 17.5 Å². The minimum atomic E-state index is -0.491. The first-order chi connectivity index (χ1) is 8.11. The summed E-state index contributed by atoms with van der Waals surface area (Å²) >= 11 is 1.38. The van der Waals surface area contributed by atoms with Crippen LogP contribution >= 0.6 is 11.3 Å². The highest BCUT2D eigenvalue weighted by molar-refractivity contribution is 7.13. The van der Waals surface area contributed by atoms with Gasteiger partial charge in [-0.2, -0.15) is 5.26 Å². The minimum absolute atomic E-state index is 0.0386. The standard InChI is InChI=1S/C11H7N3O2S/c12-5-7-3-11(17-6-7)9-2-1-8(14(15)16)4-10(9)13/h1-4,6H,13H2. The molecule has 17 heavy (non-hydrogen) atoms. The lowest BCUT2D eigenvalue weighted by Gasteiger charge is -2.02. The van der Waals surface area contributed by atoms with Crippen LogP contribution in [0.4, 0.5) is 11.4 Å². The van der Waals surface area contributed by atoms with Gasteiger partial charge in [0.1, 0.15) is 6.07 Å². The molecule has 0 fully saturated rings. The van der Waals surface area contributed by atoms with Crippen molar-refractivity contribution in [2.75, 3.05) is 5.73 Å². The number of nitro benzene ring substituents is 1. The lowest BCUT2D eigenvalue weighted by molar-refractivity contribution is -0.384. The molecular weight excluding hydrogens is 238 g/mol. The molecule has 0 aliphatic heterocycles. The summed E-state index contributed by atoms with van der Waals surface area (Å²) in [4.78, 5) is 10.9. The summed E-state index contributed by atoms with van der Waals surface area (Å²) < 4.78 is 0. The number of nitriles is 1. The van der Waals surface area contributed by atoms with Crippen molar-refractivity contribution in [2.45, 2.75) is 0 Å². The lowest BCUT2D eigenvalue weighted by Crippen LogP contribution is -1.93. The van der Waals surface area contributed by atoms with Crippen LogP contribution in [0.1, 0.15) is 5.56 Å². The lowest BCUT2D eigenvalue weighted by atomic mass is 10.1. The second-order valence-corrected chi connectivity index (χ2v) is 4.25. The third kappa shape index (κ3) is 2.09. The van der Waals surface area contributed by atoms with Crippen molar-refractivity contribution in [1.82, 2.24) is 0 Å². The summed E-state index contributed by atoms with van der Waals surface area (Å²) in [6.07, 6.45) is 0. The molecule has 2 rings (SSSR count). The highest BCUT2D eigenvalue weighted by atomic mass is 32.1. The molecule has 6 heteroatoms. The molecule has 5 nitrogen and oxygen atoms in total. The molecule has 0 radical (unpaired) electrons. The normalized spacial score (nSPS) is 9.82. The zero-order chi connectivity index (χ0) is 12.4. The Morgan fingerprint density at radius 3 is 2.71 bits per heavy atom. The van der Waals surface area contributed by atoms with E-state index in [1.807, 2.05) is 6.07 Å². The SMILES string of the molecule is N#Cc1csc(-c2ccc([N+](=O)[O-])cc2N)c1. The number of hydrogen-bond acceptors (Lipinski definition) is 5. The summed E-state index contributed by atoms with van der Waals surface area (Å²) in [7, 11) is 0. The molecule has 1 aromatic heterocycles. The van der Waals surface area contributed by atoms with E-state index in [0.717, 1.165) is 4.88 Å². The van der Waals surface area contributed by atoms with Crippen LogP contribution in [0.3, 0.4) is 0 Å². The van der Waals surface area contributed by atoms with Crippen LogP contribution in [0.15, 0.2) is 29.6 Å². The Hall–Kier alpha value is -2.39. The molecule has 2 N–H and O–H groups in total. The number of thiophene rings is 1. The fraction of sp³-hybridized carbons (Fsp3) is 0. The minimum Gasteiger partial charge on any atom is -0.398 e. The fourth-order valence-electron chi connectivity index (χ4n) is 1.42. The predicted molar refractivity (Wildman–Crippen MR) is 65.5 cm³/mol. The molecule has 0 aliphatic carbocycles. The van der Waals surface area contributed by atoms with Crippen molar-refractivity contribution in [1.29, 1.82) is 5.26 Å². The molecule has 1 heterocycles. The molecule has 0 bridgehead atoms. The van der Waals surface area contributed by atoms with E-state index < -0.39 is 4.92 Å². The smallest absolute Gasteiger partial charge is 0.271 e. The van der Waals surface area contributed by atoms with Crippen LogP contribution < -0.4 is 5.73 Å². The Bertz CT molecular complexity index is 628. The molecule has 2 aromatic rings. The van der Waals surface area contributed by atoms with Crippen molar-refractivity contribution >= 4 is 22.7 Å². The summed E-state index contributed by atoms with van der Waals surface area (Å²) in [5.74, 6) is 0. The maximum atomic E-state index is 10.6. The van der Waals surface area contributed by atoms with Crippen LogP contribution in [-0.4, -0.2) is 4.92 Å². The number of benzene rings is 1. The topological polar surface area (TPSA) is 92.9 Å². The monoisotopic (exact) mass is 245 g/mol. The van der Waals surface area contributed by atoms with Crippen LogP contribution in [0.25, 0.3) is 10.4 Å². The Morgan fingerprint density at radius 2 is 2.18 bits per heavy atom. The summed E-state index contributed by atoms with van der Waals surface area (Å²) in [5, 5.41) is 21.0. The summed E-state index contributed by atoms with van der Waals surface area (Å²) in [6.45, 7) is 0. The van der Waals surface area contributed by atoms with E-state index in [0.29, 0.717) is 16.8 Å². The third-order valence-corrected chi connectivity index (χ3v) is 3.20.